The number of hydrogen-bond acceptors (Lipinski definition) is 5. The maximum atomic E-state index is 12.1. The van der Waals surface area contributed by atoms with Crippen molar-refractivity contribution >= 4 is 22.9 Å². The summed E-state index contributed by atoms with van der Waals surface area (Å²) in [4.78, 5) is 26.7. The Kier molecular flexibility index (Phi) is 5.21. The van der Waals surface area contributed by atoms with E-state index in [1.807, 2.05) is 19.2 Å². The Morgan fingerprint density at radius 2 is 2.09 bits per heavy atom. The topological polar surface area (TPSA) is 85.1 Å². The zero-order valence-electron chi connectivity index (χ0n) is 12.4. The van der Waals surface area contributed by atoms with Crippen LogP contribution in [0.15, 0.2) is 29.6 Å². The lowest BCUT2D eigenvalue weighted by atomic mass is 10.1. The number of nitrogens with one attached hydrogen (secondary N) is 1. The van der Waals surface area contributed by atoms with Crippen LogP contribution >= 0.6 is 11.3 Å². The smallest absolute Gasteiger partial charge is 0.269 e. The van der Waals surface area contributed by atoms with Gasteiger partial charge >= 0.3 is 0 Å². The molecule has 0 fully saturated rings. The van der Waals surface area contributed by atoms with Crippen LogP contribution in [0.1, 0.15) is 35.7 Å². The second kappa shape index (κ2) is 7.13. The van der Waals surface area contributed by atoms with Gasteiger partial charge in [0.05, 0.1) is 17.4 Å². The Bertz CT molecular complexity index is 667. The lowest BCUT2D eigenvalue weighted by Crippen LogP contribution is -2.29. The number of hydrogen-bond donors (Lipinski definition) is 1. The monoisotopic (exact) mass is 319 g/mol. The van der Waals surface area contributed by atoms with Gasteiger partial charge in [0.1, 0.15) is 5.01 Å². The number of aromatic nitrogens is 1. The quantitative estimate of drug-likeness (QED) is 0.654. The fourth-order valence-electron chi connectivity index (χ4n) is 2.04. The van der Waals surface area contributed by atoms with Gasteiger partial charge in [-0.3, -0.25) is 14.9 Å². The molecule has 6 nitrogen and oxygen atoms in total. The standard InChI is InChI=1S/C15H17N3O3S/c1-3-13(15-16-10(2)9-22-15)17-14(19)8-11-4-6-12(7-5-11)18(20)21/h4-7,9,13H,3,8H2,1-2H3,(H,17,19). The van der Waals surface area contributed by atoms with Gasteiger partial charge in [-0.15, -0.1) is 11.3 Å². The molecule has 0 spiro atoms. The summed E-state index contributed by atoms with van der Waals surface area (Å²) < 4.78 is 0. The van der Waals surface area contributed by atoms with E-state index in [2.05, 4.69) is 10.3 Å². The Morgan fingerprint density at radius 1 is 1.41 bits per heavy atom. The van der Waals surface area contributed by atoms with E-state index >= 15 is 0 Å². The van der Waals surface area contributed by atoms with Gasteiger partial charge in [0.15, 0.2) is 0 Å². The SMILES string of the molecule is CCC(NC(=O)Cc1ccc([N+](=O)[O-])cc1)c1nc(C)cs1. The fourth-order valence-corrected chi connectivity index (χ4v) is 2.97. The molecule has 1 atom stereocenters. The van der Waals surface area contributed by atoms with E-state index in [1.165, 1.54) is 23.5 Å². The molecular formula is C15H17N3O3S. The molecule has 0 aliphatic rings. The molecule has 22 heavy (non-hydrogen) atoms. The third-order valence-corrected chi connectivity index (χ3v) is 4.27. The summed E-state index contributed by atoms with van der Waals surface area (Å²) in [5.74, 6) is -0.117. The molecule has 0 aliphatic heterocycles. The van der Waals surface area contributed by atoms with Crippen LogP contribution in [0.4, 0.5) is 5.69 Å². The third kappa shape index (κ3) is 4.11. The number of thiazole rings is 1. The first-order chi connectivity index (χ1) is 10.5. The molecule has 1 aromatic carbocycles. The third-order valence-electron chi connectivity index (χ3n) is 3.19. The predicted molar refractivity (Wildman–Crippen MR) is 84.8 cm³/mol. The fraction of sp³-hybridized carbons (Fsp3) is 0.333. The summed E-state index contributed by atoms with van der Waals surface area (Å²) in [6, 6.07) is 5.93. The maximum Gasteiger partial charge on any atom is 0.269 e. The highest BCUT2D eigenvalue weighted by atomic mass is 32.1. The van der Waals surface area contributed by atoms with Crippen molar-refractivity contribution in [1.29, 1.82) is 0 Å². The van der Waals surface area contributed by atoms with Crippen LogP contribution < -0.4 is 5.32 Å². The summed E-state index contributed by atoms with van der Waals surface area (Å²) in [5.41, 5.74) is 1.71. The summed E-state index contributed by atoms with van der Waals surface area (Å²) in [7, 11) is 0. The van der Waals surface area contributed by atoms with E-state index < -0.39 is 4.92 Å². The Labute approximate surface area is 132 Å². The summed E-state index contributed by atoms with van der Waals surface area (Å²) >= 11 is 1.53. The van der Waals surface area contributed by atoms with Crippen molar-refractivity contribution in [1.82, 2.24) is 10.3 Å². The normalized spacial score (nSPS) is 11.9. The number of nitro groups is 1. The molecule has 2 aromatic rings. The van der Waals surface area contributed by atoms with Crippen LogP contribution in [0.5, 0.6) is 0 Å². The van der Waals surface area contributed by atoms with Crippen LogP contribution in [0, 0.1) is 17.0 Å². The van der Waals surface area contributed by atoms with E-state index in [1.54, 1.807) is 12.1 Å². The van der Waals surface area contributed by atoms with Crippen LogP contribution in [-0.4, -0.2) is 15.8 Å². The zero-order chi connectivity index (χ0) is 16.1. The number of benzene rings is 1. The summed E-state index contributed by atoms with van der Waals surface area (Å²) in [6.07, 6.45) is 0.956. The van der Waals surface area contributed by atoms with Gasteiger partial charge in [-0.2, -0.15) is 0 Å². The number of aryl methyl sites for hydroxylation is 1. The van der Waals surface area contributed by atoms with Gasteiger partial charge in [0.25, 0.3) is 5.69 Å². The number of carbonyl (C=O) groups is 1. The molecule has 1 aromatic heterocycles. The Morgan fingerprint density at radius 3 is 2.59 bits per heavy atom. The van der Waals surface area contributed by atoms with E-state index in [4.69, 9.17) is 0 Å². The molecule has 7 heteroatoms. The molecule has 1 N–H and O–H groups in total. The lowest BCUT2D eigenvalue weighted by Gasteiger charge is -2.14. The number of rotatable bonds is 6. The molecule has 0 bridgehead atoms. The predicted octanol–water partition coefficient (Wildman–Crippen LogP) is 3.17. The molecule has 0 saturated carbocycles. The Hall–Kier alpha value is -2.28. The van der Waals surface area contributed by atoms with Gasteiger partial charge in [0, 0.05) is 23.2 Å². The molecule has 1 heterocycles. The van der Waals surface area contributed by atoms with Crippen molar-refractivity contribution in [3.05, 3.63) is 56.0 Å². The molecule has 1 amide bonds. The second-order valence-corrected chi connectivity index (χ2v) is 5.85. The Balaban J connectivity index is 1.98. The zero-order valence-corrected chi connectivity index (χ0v) is 13.2. The molecule has 0 aliphatic carbocycles. The molecule has 0 saturated heterocycles. The lowest BCUT2D eigenvalue weighted by molar-refractivity contribution is -0.384. The minimum Gasteiger partial charge on any atom is -0.347 e. The minimum absolute atomic E-state index is 0.0221. The summed E-state index contributed by atoms with van der Waals surface area (Å²) in [5, 5.41) is 16.4. The summed E-state index contributed by atoms with van der Waals surface area (Å²) in [6.45, 7) is 3.92. The van der Waals surface area contributed by atoms with Gasteiger partial charge in [-0.25, -0.2) is 4.98 Å². The maximum absolute atomic E-state index is 12.1. The van der Waals surface area contributed by atoms with Crippen molar-refractivity contribution in [2.24, 2.45) is 0 Å². The second-order valence-electron chi connectivity index (χ2n) is 4.96. The first-order valence-electron chi connectivity index (χ1n) is 6.94. The van der Waals surface area contributed by atoms with Crippen molar-refractivity contribution in [3.63, 3.8) is 0 Å². The largest absolute Gasteiger partial charge is 0.347 e. The molecule has 0 radical (unpaired) electrons. The first kappa shape index (κ1) is 16.1. The van der Waals surface area contributed by atoms with Crippen LogP contribution in [0.2, 0.25) is 0 Å². The molecule has 116 valence electrons. The van der Waals surface area contributed by atoms with Gasteiger partial charge < -0.3 is 5.32 Å². The van der Waals surface area contributed by atoms with Gasteiger partial charge in [-0.05, 0) is 18.9 Å². The number of carbonyl (C=O) groups excluding carboxylic acids is 1. The average molecular weight is 319 g/mol. The highest BCUT2D eigenvalue weighted by Crippen LogP contribution is 2.21. The number of nitrogens with zero attached hydrogens (tertiary/aromatic N) is 2. The van der Waals surface area contributed by atoms with Crippen molar-refractivity contribution in [3.8, 4) is 0 Å². The van der Waals surface area contributed by atoms with Crippen molar-refractivity contribution < 1.29 is 9.72 Å². The van der Waals surface area contributed by atoms with Crippen LogP contribution in [0.3, 0.4) is 0 Å². The molecule has 1 unspecified atom stereocenters. The van der Waals surface area contributed by atoms with Gasteiger partial charge in [-0.1, -0.05) is 19.1 Å². The van der Waals surface area contributed by atoms with Crippen LogP contribution in [-0.2, 0) is 11.2 Å². The number of nitro benzene ring substituents is 1. The highest BCUT2D eigenvalue weighted by molar-refractivity contribution is 7.09. The van der Waals surface area contributed by atoms with E-state index in [-0.39, 0.29) is 24.1 Å². The van der Waals surface area contributed by atoms with Crippen LogP contribution in [0.25, 0.3) is 0 Å². The first-order valence-corrected chi connectivity index (χ1v) is 7.82. The highest BCUT2D eigenvalue weighted by Gasteiger charge is 2.16. The molecular weight excluding hydrogens is 302 g/mol. The van der Waals surface area contributed by atoms with Crippen molar-refractivity contribution in [2.45, 2.75) is 32.7 Å². The molecule has 2 rings (SSSR count). The minimum atomic E-state index is -0.457. The van der Waals surface area contributed by atoms with Crippen molar-refractivity contribution in [2.75, 3.05) is 0 Å². The van der Waals surface area contributed by atoms with E-state index in [0.29, 0.717) is 0 Å². The average Bonchev–Trinajstić information content (AvgIpc) is 2.91. The number of amides is 1. The van der Waals surface area contributed by atoms with E-state index in [9.17, 15) is 14.9 Å². The number of non-ortho nitro benzene ring substituents is 1. The van der Waals surface area contributed by atoms with E-state index in [0.717, 1.165) is 22.7 Å². The van der Waals surface area contributed by atoms with Gasteiger partial charge in [0.2, 0.25) is 5.91 Å².